The Kier molecular flexibility index (Phi) is 1.79. The number of fused-ring (bicyclic) bond motifs is 5. The van der Waals surface area contributed by atoms with Gasteiger partial charge in [-0.2, -0.15) is 0 Å². The van der Waals surface area contributed by atoms with E-state index in [1.54, 1.807) is 5.57 Å². The van der Waals surface area contributed by atoms with Crippen LogP contribution < -0.4 is 0 Å². The van der Waals surface area contributed by atoms with Gasteiger partial charge in [-0.25, -0.2) is 0 Å². The van der Waals surface area contributed by atoms with Crippen LogP contribution in [0.1, 0.15) is 53.4 Å². The molecule has 0 aliphatic heterocycles. The van der Waals surface area contributed by atoms with Gasteiger partial charge in [0.2, 0.25) is 0 Å². The third kappa shape index (κ3) is 0.905. The largest absolute Gasteiger partial charge is 0.0839 e. The van der Waals surface area contributed by atoms with Gasteiger partial charge in [-0.05, 0) is 54.3 Å². The molecule has 0 radical (unpaired) electrons. The molecule has 84 valence electrons. The van der Waals surface area contributed by atoms with E-state index in [2.05, 4.69) is 33.8 Å². The molecule has 0 aromatic heterocycles. The molecule has 2 saturated carbocycles. The van der Waals surface area contributed by atoms with Crippen LogP contribution in [0.25, 0.3) is 0 Å². The number of hydrogen-bond donors (Lipinski definition) is 0. The second-order valence-corrected chi connectivity index (χ2v) is 6.85. The summed E-state index contributed by atoms with van der Waals surface area (Å²) in [5.41, 5.74) is 2.97. The van der Waals surface area contributed by atoms with Gasteiger partial charge in [0, 0.05) is 0 Å². The van der Waals surface area contributed by atoms with Crippen molar-refractivity contribution < 1.29 is 0 Å². The van der Waals surface area contributed by atoms with Gasteiger partial charge in [-0.3, -0.25) is 0 Å². The fourth-order valence-corrected chi connectivity index (χ4v) is 5.29. The lowest BCUT2D eigenvalue weighted by molar-refractivity contribution is 0.0509. The lowest BCUT2D eigenvalue weighted by Crippen LogP contribution is -2.41. The van der Waals surface area contributed by atoms with Crippen LogP contribution in [-0.2, 0) is 0 Å². The molecule has 0 nitrogen and oxygen atoms in total. The van der Waals surface area contributed by atoms with Crippen LogP contribution in [0.4, 0.5) is 0 Å². The number of allylic oxidation sites excluding steroid dienone is 2. The smallest absolute Gasteiger partial charge is 0.00261 e. The molecule has 0 aromatic carbocycles. The molecule has 0 spiro atoms. The fraction of sp³-hybridized carbons (Fsp3) is 0.867. The Bertz CT molecular complexity index is 325. The number of rotatable bonds is 1. The lowest BCUT2D eigenvalue weighted by Gasteiger charge is -2.48. The molecule has 0 aromatic rings. The van der Waals surface area contributed by atoms with Gasteiger partial charge >= 0.3 is 0 Å². The van der Waals surface area contributed by atoms with Crippen molar-refractivity contribution in [2.24, 2.45) is 28.6 Å². The second-order valence-electron chi connectivity index (χ2n) is 6.85. The first-order valence-electron chi connectivity index (χ1n) is 6.70. The molecule has 0 heteroatoms. The van der Waals surface area contributed by atoms with Crippen molar-refractivity contribution in [3.8, 4) is 0 Å². The maximum Gasteiger partial charge on any atom is -0.00261 e. The average Bonchev–Trinajstić information content (AvgIpc) is 2.75. The van der Waals surface area contributed by atoms with Crippen LogP contribution in [0, 0.1) is 28.6 Å². The van der Waals surface area contributed by atoms with E-state index < -0.39 is 0 Å². The van der Waals surface area contributed by atoms with Crippen molar-refractivity contribution in [2.45, 2.75) is 53.4 Å². The molecule has 3 aliphatic rings. The van der Waals surface area contributed by atoms with E-state index in [0.717, 1.165) is 17.8 Å². The third-order valence-corrected chi connectivity index (χ3v) is 6.30. The molecule has 2 bridgehead atoms. The van der Waals surface area contributed by atoms with Crippen molar-refractivity contribution >= 4 is 0 Å². The van der Waals surface area contributed by atoms with Crippen molar-refractivity contribution in [1.29, 1.82) is 0 Å². The molecule has 3 aliphatic carbocycles. The summed E-state index contributed by atoms with van der Waals surface area (Å²) >= 11 is 0. The molecule has 0 saturated heterocycles. The van der Waals surface area contributed by atoms with Gasteiger partial charge in [0.25, 0.3) is 0 Å². The Labute approximate surface area is 94.1 Å². The van der Waals surface area contributed by atoms with Gasteiger partial charge in [0.1, 0.15) is 0 Å². The second kappa shape index (κ2) is 2.70. The Balaban J connectivity index is 2.07. The van der Waals surface area contributed by atoms with Crippen molar-refractivity contribution in [2.75, 3.05) is 0 Å². The van der Waals surface area contributed by atoms with Crippen LogP contribution in [0.15, 0.2) is 11.6 Å². The molecule has 0 amide bonds. The predicted molar refractivity (Wildman–Crippen MR) is 64.6 cm³/mol. The summed E-state index contributed by atoms with van der Waals surface area (Å²) in [5.74, 6) is 2.79. The summed E-state index contributed by atoms with van der Waals surface area (Å²) in [6, 6.07) is 0. The van der Waals surface area contributed by atoms with Gasteiger partial charge in [0.15, 0.2) is 0 Å². The van der Waals surface area contributed by atoms with Crippen LogP contribution in [-0.4, -0.2) is 0 Å². The van der Waals surface area contributed by atoms with E-state index in [1.165, 1.54) is 25.7 Å². The first-order chi connectivity index (χ1) is 7.00. The zero-order valence-corrected chi connectivity index (χ0v) is 10.6. The summed E-state index contributed by atoms with van der Waals surface area (Å²) in [6.07, 6.45) is 8.49. The van der Waals surface area contributed by atoms with Crippen LogP contribution in [0.2, 0.25) is 0 Å². The molecule has 2 fully saturated rings. The molecule has 0 heterocycles. The summed E-state index contributed by atoms with van der Waals surface area (Å²) in [4.78, 5) is 0. The lowest BCUT2D eigenvalue weighted by atomic mass is 9.56. The van der Waals surface area contributed by atoms with E-state index in [0.29, 0.717) is 10.8 Å². The number of hydrogen-bond acceptors (Lipinski definition) is 0. The average molecular weight is 204 g/mol. The zero-order valence-electron chi connectivity index (χ0n) is 10.6. The van der Waals surface area contributed by atoms with Gasteiger partial charge in [-0.15, -0.1) is 0 Å². The van der Waals surface area contributed by atoms with Crippen molar-refractivity contribution in [3.05, 3.63) is 11.6 Å². The van der Waals surface area contributed by atoms with E-state index in [9.17, 15) is 0 Å². The molecule has 0 N–H and O–H groups in total. The van der Waals surface area contributed by atoms with E-state index in [-0.39, 0.29) is 0 Å². The standard InChI is InChI=1S/C15H24/c1-10(2)13-7-8-14(3)11-5-6-12(9-11)15(13,14)4/h7,10-12H,5-6,8-9H2,1-4H3/t11-,12+,14-,15+/m1/s1. The highest BCUT2D eigenvalue weighted by molar-refractivity contribution is 5.33. The van der Waals surface area contributed by atoms with Crippen molar-refractivity contribution in [1.82, 2.24) is 0 Å². The summed E-state index contributed by atoms with van der Waals surface area (Å²) in [5, 5.41) is 0. The quantitative estimate of drug-likeness (QED) is 0.555. The SMILES string of the molecule is CC(C)C1=CC[C@]2(C)[C@@H]3CC[C@@H](C3)[C@@]12C. The Morgan fingerprint density at radius 2 is 1.87 bits per heavy atom. The maximum atomic E-state index is 2.59. The maximum absolute atomic E-state index is 2.59. The summed E-state index contributed by atoms with van der Waals surface area (Å²) in [7, 11) is 0. The van der Waals surface area contributed by atoms with Crippen LogP contribution in [0.3, 0.4) is 0 Å². The van der Waals surface area contributed by atoms with Gasteiger partial charge < -0.3 is 0 Å². The van der Waals surface area contributed by atoms with Gasteiger partial charge in [0.05, 0.1) is 0 Å². The van der Waals surface area contributed by atoms with E-state index in [4.69, 9.17) is 0 Å². The minimum absolute atomic E-state index is 0.560. The monoisotopic (exact) mass is 204 g/mol. The molecule has 0 unspecified atom stereocenters. The Hall–Kier alpha value is -0.260. The molecular weight excluding hydrogens is 180 g/mol. The molecule has 3 rings (SSSR count). The van der Waals surface area contributed by atoms with Gasteiger partial charge in [-0.1, -0.05) is 39.3 Å². The van der Waals surface area contributed by atoms with Crippen LogP contribution >= 0.6 is 0 Å². The van der Waals surface area contributed by atoms with Crippen molar-refractivity contribution in [3.63, 3.8) is 0 Å². The highest BCUT2D eigenvalue weighted by atomic mass is 14.7. The van der Waals surface area contributed by atoms with Crippen LogP contribution in [0.5, 0.6) is 0 Å². The molecule has 4 atom stereocenters. The Morgan fingerprint density at radius 3 is 2.53 bits per heavy atom. The first kappa shape index (κ1) is 9.93. The molecule has 15 heavy (non-hydrogen) atoms. The third-order valence-electron chi connectivity index (χ3n) is 6.30. The molecular formula is C15H24. The highest BCUT2D eigenvalue weighted by Gasteiger charge is 2.65. The normalized spacial score (nSPS) is 52.5. The first-order valence-corrected chi connectivity index (χ1v) is 6.70. The minimum Gasteiger partial charge on any atom is -0.0839 e. The topological polar surface area (TPSA) is 0 Å². The van der Waals surface area contributed by atoms with E-state index in [1.807, 2.05) is 0 Å². The van der Waals surface area contributed by atoms with E-state index >= 15 is 0 Å². The highest BCUT2D eigenvalue weighted by Crippen LogP contribution is 2.73. The Morgan fingerprint density at radius 1 is 1.20 bits per heavy atom. The predicted octanol–water partition coefficient (Wildman–Crippen LogP) is 4.42. The summed E-state index contributed by atoms with van der Waals surface area (Å²) in [6.45, 7) is 9.92. The minimum atomic E-state index is 0.560. The summed E-state index contributed by atoms with van der Waals surface area (Å²) < 4.78 is 0. The fourth-order valence-electron chi connectivity index (χ4n) is 5.29. The zero-order chi connectivity index (χ0) is 10.8.